The van der Waals surface area contributed by atoms with Crippen LogP contribution in [-0.2, 0) is 11.2 Å². The van der Waals surface area contributed by atoms with Gasteiger partial charge in [0.2, 0.25) is 5.91 Å². The van der Waals surface area contributed by atoms with E-state index in [9.17, 15) is 13.6 Å². The van der Waals surface area contributed by atoms with E-state index in [0.29, 0.717) is 11.3 Å². The minimum Gasteiger partial charge on any atom is -0.441 e. The number of anilines is 1. The molecule has 0 unspecified atom stereocenters. The Balaban J connectivity index is 1.61. The van der Waals surface area contributed by atoms with Crippen LogP contribution in [0.4, 0.5) is 14.5 Å². The number of nitrogens with zero attached hydrogens (tertiary/aromatic N) is 2. The number of aryl methyl sites for hydroxylation is 1. The highest BCUT2D eigenvalue weighted by molar-refractivity contribution is 5.90. The van der Waals surface area contributed by atoms with Crippen LogP contribution in [0.15, 0.2) is 53.1 Å². The topological polar surface area (TPSA) is 78.9 Å². The van der Waals surface area contributed by atoms with Crippen molar-refractivity contribution in [3.63, 3.8) is 0 Å². The molecular formula is C19H13F2N3O2. The van der Waals surface area contributed by atoms with Crippen LogP contribution >= 0.6 is 0 Å². The summed E-state index contributed by atoms with van der Waals surface area (Å²) in [5.41, 5.74) is 1.07. The number of aromatic nitrogens is 1. The van der Waals surface area contributed by atoms with Gasteiger partial charge in [-0.25, -0.2) is 13.8 Å². The molecule has 1 heterocycles. The predicted molar refractivity (Wildman–Crippen MR) is 90.0 cm³/mol. The quantitative estimate of drug-likeness (QED) is 0.750. The molecule has 5 nitrogen and oxygen atoms in total. The molecule has 0 spiro atoms. The molecule has 0 fully saturated rings. The molecule has 2 aromatic carbocycles. The number of oxazole rings is 1. The van der Waals surface area contributed by atoms with Crippen molar-refractivity contribution in [2.75, 3.05) is 5.32 Å². The third-order valence-corrected chi connectivity index (χ3v) is 3.59. The van der Waals surface area contributed by atoms with E-state index in [1.165, 1.54) is 12.3 Å². The maximum absolute atomic E-state index is 13.7. The second kappa shape index (κ2) is 7.57. The molecule has 1 aromatic heterocycles. The number of carbonyl (C=O) groups is 1. The molecular weight excluding hydrogens is 340 g/mol. The van der Waals surface area contributed by atoms with Gasteiger partial charge in [-0.2, -0.15) is 5.26 Å². The Morgan fingerprint density at radius 2 is 2.08 bits per heavy atom. The summed E-state index contributed by atoms with van der Waals surface area (Å²) in [5.74, 6) is -1.26. The van der Waals surface area contributed by atoms with Crippen molar-refractivity contribution in [1.82, 2.24) is 4.98 Å². The number of hydrogen-bond acceptors (Lipinski definition) is 4. The Kier molecular flexibility index (Phi) is 5.04. The Labute approximate surface area is 147 Å². The zero-order chi connectivity index (χ0) is 18.5. The molecule has 0 atom stereocenters. The predicted octanol–water partition coefficient (Wildman–Crippen LogP) is 4.06. The van der Waals surface area contributed by atoms with Crippen molar-refractivity contribution < 1.29 is 18.0 Å². The smallest absolute Gasteiger partial charge is 0.224 e. The number of nitrogens with one attached hydrogen (secondary N) is 1. The summed E-state index contributed by atoms with van der Waals surface area (Å²) in [6.45, 7) is 0. The average molecular weight is 353 g/mol. The number of amides is 1. The Morgan fingerprint density at radius 3 is 2.85 bits per heavy atom. The molecule has 3 rings (SSSR count). The SMILES string of the molecule is N#Cc1cccc(NC(=O)CCc2ncc(-c3ccc(F)cc3F)o2)c1. The summed E-state index contributed by atoms with van der Waals surface area (Å²) in [6, 6.07) is 11.7. The van der Waals surface area contributed by atoms with Gasteiger partial charge in [-0.1, -0.05) is 6.07 Å². The van der Waals surface area contributed by atoms with Crippen molar-refractivity contribution in [2.24, 2.45) is 0 Å². The zero-order valence-electron chi connectivity index (χ0n) is 13.5. The maximum Gasteiger partial charge on any atom is 0.224 e. The number of hydrogen-bond donors (Lipinski definition) is 1. The van der Waals surface area contributed by atoms with Gasteiger partial charge >= 0.3 is 0 Å². The molecule has 1 N–H and O–H groups in total. The molecule has 3 aromatic rings. The zero-order valence-corrected chi connectivity index (χ0v) is 13.5. The van der Waals surface area contributed by atoms with E-state index in [2.05, 4.69) is 10.3 Å². The van der Waals surface area contributed by atoms with E-state index < -0.39 is 11.6 Å². The standard InChI is InChI=1S/C19H13F2N3O2/c20-13-4-5-15(16(21)9-13)17-11-23-19(26-17)7-6-18(25)24-14-3-1-2-12(8-14)10-22/h1-5,8-9,11H,6-7H2,(H,24,25). The van der Waals surface area contributed by atoms with Gasteiger partial charge in [0.1, 0.15) is 11.6 Å². The molecule has 26 heavy (non-hydrogen) atoms. The molecule has 7 heteroatoms. The van der Waals surface area contributed by atoms with Crippen LogP contribution in [0.5, 0.6) is 0 Å². The lowest BCUT2D eigenvalue weighted by atomic mass is 10.2. The van der Waals surface area contributed by atoms with Crippen molar-refractivity contribution in [2.45, 2.75) is 12.8 Å². The maximum atomic E-state index is 13.7. The van der Waals surface area contributed by atoms with E-state index in [0.717, 1.165) is 12.1 Å². The van der Waals surface area contributed by atoms with Gasteiger partial charge < -0.3 is 9.73 Å². The highest BCUT2D eigenvalue weighted by Gasteiger charge is 2.13. The van der Waals surface area contributed by atoms with Crippen molar-refractivity contribution in [3.05, 3.63) is 71.8 Å². The van der Waals surface area contributed by atoms with Crippen molar-refractivity contribution >= 4 is 11.6 Å². The van der Waals surface area contributed by atoms with Crippen LogP contribution < -0.4 is 5.32 Å². The first-order valence-corrected chi connectivity index (χ1v) is 7.75. The second-order valence-electron chi connectivity index (χ2n) is 5.48. The van der Waals surface area contributed by atoms with Crippen LogP contribution in [0, 0.1) is 23.0 Å². The monoisotopic (exact) mass is 353 g/mol. The molecule has 1 amide bonds. The van der Waals surface area contributed by atoms with E-state index in [4.69, 9.17) is 9.68 Å². The molecule has 0 aliphatic heterocycles. The third kappa shape index (κ3) is 4.11. The number of nitriles is 1. The van der Waals surface area contributed by atoms with Crippen LogP contribution in [0.3, 0.4) is 0 Å². The highest BCUT2D eigenvalue weighted by Crippen LogP contribution is 2.24. The summed E-state index contributed by atoms with van der Waals surface area (Å²) in [4.78, 5) is 16.0. The summed E-state index contributed by atoms with van der Waals surface area (Å²) in [7, 11) is 0. The van der Waals surface area contributed by atoms with E-state index >= 15 is 0 Å². The fourth-order valence-corrected chi connectivity index (χ4v) is 2.35. The molecule has 0 saturated heterocycles. The first-order chi connectivity index (χ1) is 12.5. The molecule has 130 valence electrons. The number of rotatable bonds is 5. The number of benzene rings is 2. The van der Waals surface area contributed by atoms with Gasteiger partial charge in [-0.05, 0) is 30.3 Å². The molecule has 0 aliphatic rings. The molecule has 0 radical (unpaired) electrons. The Morgan fingerprint density at radius 1 is 1.23 bits per heavy atom. The lowest BCUT2D eigenvalue weighted by molar-refractivity contribution is -0.116. The number of carbonyl (C=O) groups excluding carboxylic acids is 1. The van der Waals surface area contributed by atoms with Gasteiger partial charge in [-0.3, -0.25) is 4.79 Å². The van der Waals surface area contributed by atoms with Crippen LogP contribution in [0.1, 0.15) is 17.9 Å². The van der Waals surface area contributed by atoms with Gasteiger partial charge in [0, 0.05) is 24.6 Å². The Bertz CT molecular complexity index is 992. The van der Waals surface area contributed by atoms with Gasteiger partial charge in [-0.15, -0.1) is 0 Å². The molecule has 0 aliphatic carbocycles. The fourth-order valence-electron chi connectivity index (χ4n) is 2.35. The minimum absolute atomic E-state index is 0.0998. The molecule has 0 bridgehead atoms. The lowest BCUT2D eigenvalue weighted by Crippen LogP contribution is -2.12. The van der Waals surface area contributed by atoms with Crippen LogP contribution in [-0.4, -0.2) is 10.9 Å². The van der Waals surface area contributed by atoms with Gasteiger partial charge in [0.25, 0.3) is 0 Å². The van der Waals surface area contributed by atoms with Crippen molar-refractivity contribution in [3.8, 4) is 17.4 Å². The van der Waals surface area contributed by atoms with Gasteiger partial charge in [0.15, 0.2) is 11.7 Å². The highest BCUT2D eigenvalue weighted by atomic mass is 19.1. The van der Waals surface area contributed by atoms with Crippen LogP contribution in [0.25, 0.3) is 11.3 Å². The average Bonchev–Trinajstić information content (AvgIpc) is 3.09. The summed E-state index contributed by atoms with van der Waals surface area (Å²) in [5, 5.41) is 11.5. The Hall–Kier alpha value is -3.53. The normalized spacial score (nSPS) is 10.3. The van der Waals surface area contributed by atoms with Crippen LogP contribution in [0.2, 0.25) is 0 Å². The first-order valence-electron chi connectivity index (χ1n) is 7.75. The minimum atomic E-state index is -0.747. The summed E-state index contributed by atoms with van der Waals surface area (Å²) < 4.78 is 32.1. The fraction of sp³-hybridized carbons (Fsp3) is 0.105. The largest absolute Gasteiger partial charge is 0.441 e. The number of halogens is 2. The third-order valence-electron chi connectivity index (χ3n) is 3.59. The summed E-state index contributed by atoms with van der Waals surface area (Å²) in [6.07, 6.45) is 1.65. The second-order valence-corrected chi connectivity index (χ2v) is 5.48. The first kappa shape index (κ1) is 17.3. The lowest BCUT2D eigenvalue weighted by Gasteiger charge is -2.04. The van der Waals surface area contributed by atoms with E-state index in [1.807, 2.05) is 6.07 Å². The van der Waals surface area contributed by atoms with E-state index in [1.54, 1.807) is 24.3 Å². The summed E-state index contributed by atoms with van der Waals surface area (Å²) >= 11 is 0. The van der Waals surface area contributed by atoms with E-state index in [-0.39, 0.29) is 36.0 Å². The van der Waals surface area contributed by atoms with Gasteiger partial charge in [0.05, 0.1) is 23.4 Å². The molecule has 0 saturated carbocycles. The van der Waals surface area contributed by atoms with Crippen molar-refractivity contribution in [1.29, 1.82) is 5.26 Å².